The number of non-ortho nitro benzene ring substituents is 1. The number of nitrogens with zero attached hydrogens (tertiary/aromatic N) is 2. The summed E-state index contributed by atoms with van der Waals surface area (Å²) in [5.74, 6) is 0.539. The molecule has 1 aliphatic rings. The van der Waals surface area contributed by atoms with Crippen molar-refractivity contribution in [2.45, 2.75) is 13.0 Å². The van der Waals surface area contributed by atoms with Crippen LogP contribution in [-0.2, 0) is 6.54 Å². The van der Waals surface area contributed by atoms with Crippen LogP contribution in [0.4, 0.5) is 5.69 Å². The van der Waals surface area contributed by atoms with Gasteiger partial charge in [0.15, 0.2) is 0 Å². The van der Waals surface area contributed by atoms with Gasteiger partial charge < -0.3 is 10.1 Å². The summed E-state index contributed by atoms with van der Waals surface area (Å²) in [7, 11) is 1.53. The maximum Gasteiger partial charge on any atom is 0.273 e. The van der Waals surface area contributed by atoms with Crippen molar-refractivity contribution in [3.63, 3.8) is 0 Å². The van der Waals surface area contributed by atoms with Crippen LogP contribution in [-0.4, -0.2) is 43.1 Å². The van der Waals surface area contributed by atoms with Gasteiger partial charge in [-0.05, 0) is 31.1 Å². The Labute approximate surface area is 112 Å². The number of rotatable bonds is 4. The molecule has 104 valence electrons. The van der Waals surface area contributed by atoms with Gasteiger partial charge in [-0.15, -0.1) is 0 Å². The smallest absolute Gasteiger partial charge is 0.273 e. The molecule has 0 aromatic heterocycles. The first kappa shape index (κ1) is 13.8. The number of benzene rings is 1. The van der Waals surface area contributed by atoms with Gasteiger partial charge in [-0.3, -0.25) is 15.0 Å². The Kier molecular flexibility index (Phi) is 4.70. The fourth-order valence-electron chi connectivity index (χ4n) is 2.28. The molecule has 1 saturated heterocycles. The van der Waals surface area contributed by atoms with E-state index in [1.807, 2.05) is 6.07 Å². The number of ether oxygens (including phenoxy) is 1. The molecule has 1 fully saturated rings. The van der Waals surface area contributed by atoms with Crippen LogP contribution in [0.25, 0.3) is 0 Å². The van der Waals surface area contributed by atoms with Crippen molar-refractivity contribution in [1.82, 2.24) is 10.2 Å². The second kappa shape index (κ2) is 6.49. The fraction of sp³-hybridized carbons (Fsp3) is 0.538. The minimum absolute atomic E-state index is 0.0855. The first-order valence-electron chi connectivity index (χ1n) is 6.44. The zero-order chi connectivity index (χ0) is 13.7. The quantitative estimate of drug-likeness (QED) is 0.658. The summed E-state index contributed by atoms with van der Waals surface area (Å²) in [4.78, 5) is 12.8. The fourth-order valence-corrected chi connectivity index (χ4v) is 2.28. The van der Waals surface area contributed by atoms with Crippen LogP contribution < -0.4 is 10.1 Å². The van der Waals surface area contributed by atoms with Crippen LogP contribution in [0.1, 0.15) is 12.0 Å². The van der Waals surface area contributed by atoms with Gasteiger partial charge in [-0.1, -0.05) is 0 Å². The van der Waals surface area contributed by atoms with Gasteiger partial charge in [0.25, 0.3) is 5.69 Å². The SMILES string of the molecule is COc1cc(CN2CCCNCC2)cc([N+](=O)[O-])c1. The van der Waals surface area contributed by atoms with E-state index >= 15 is 0 Å². The number of hydrogen-bond donors (Lipinski definition) is 1. The Balaban J connectivity index is 2.13. The molecule has 1 heterocycles. The molecule has 1 aliphatic heterocycles. The highest BCUT2D eigenvalue weighted by Crippen LogP contribution is 2.23. The van der Waals surface area contributed by atoms with E-state index in [2.05, 4.69) is 10.2 Å². The summed E-state index contributed by atoms with van der Waals surface area (Å²) in [5, 5.41) is 14.2. The van der Waals surface area contributed by atoms with Crippen LogP contribution in [0, 0.1) is 10.1 Å². The highest BCUT2D eigenvalue weighted by Gasteiger charge is 2.14. The Morgan fingerprint density at radius 3 is 2.95 bits per heavy atom. The van der Waals surface area contributed by atoms with E-state index in [1.54, 1.807) is 6.07 Å². The summed E-state index contributed by atoms with van der Waals surface area (Å²) in [6.07, 6.45) is 1.10. The number of nitro benzene ring substituents is 1. The van der Waals surface area contributed by atoms with Gasteiger partial charge in [-0.2, -0.15) is 0 Å². The van der Waals surface area contributed by atoms with E-state index in [9.17, 15) is 10.1 Å². The highest BCUT2D eigenvalue weighted by atomic mass is 16.6. The van der Waals surface area contributed by atoms with Gasteiger partial charge in [0.05, 0.1) is 18.1 Å². The molecule has 0 unspecified atom stereocenters. The van der Waals surface area contributed by atoms with E-state index in [-0.39, 0.29) is 10.6 Å². The highest BCUT2D eigenvalue weighted by molar-refractivity contribution is 5.42. The van der Waals surface area contributed by atoms with Gasteiger partial charge in [0, 0.05) is 25.7 Å². The van der Waals surface area contributed by atoms with Crippen LogP contribution in [0.5, 0.6) is 5.75 Å². The predicted octanol–water partition coefficient (Wildman–Crippen LogP) is 1.40. The Morgan fingerprint density at radius 1 is 1.37 bits per heavy atom. The summed E-state index contributed by atoms with van der Waals surface area (Å²) in [5.41, 5.74) is 1.01. The van der Waals surface area contributed by atoms with Crippen molar-refractivity contribution in [3.8, 4) is 5.75 Å². The molecule has 6 nitrogen and oxygen atoms in total. The van der Waals surface area contributed by atoms with Crippen molar-refractivity contribution in [2.24, 2.45) is 0 Å². The lowest BCUT2D eigenvalue weighted by atomic mass is 10.1. The van der Waals surface area contributed by atoms with Crippen LogP contribution >= 0.6 is 0 Å². The van der Waals surface area contributed by atoms with Crippen LogP contribution in [0.2, 0.25) is 0 Å². The zero-order valence-corrected chi connectivity index (χ0v) is 11.1. The Bertz CT molecular complexity index is 443. The molecule has 1 aromatic carbocycles. The standard InChI is InChI=1S/C13H19N3O3/c1-19-13-8-11(7-12(9-13)16(17)18)10-15-5-2-3-14-4-6-15/h7-9,14H,2-6,10H2,1H3. The van der Waals surface area contributed by atoms with Gasteiger partial charge in [-0.25, -0.2) is 0 Å². The molecule has 0 radical (unpaired) electrons. The molecule has 0 saturated carbocycles. The normalized spacial score (nSPS) is 16.9. The summed E-state index contributed by atoms with van der Waals surface area (Å²) < 4.78 is 5.12. The van der Waals surface area contributed by atoms with E-state index in [4.69, 9.17) is 4.74 Å². The summed E-state index contributed by atoms with van der Waals surface area (Å²) in [6.45, 7) is 4.70. The van der Waals surface area contributed by atoms with E-state index in [0.717, 1.165) is 44.7 Å². The number of nitro groups is 1. The molecular weight excluding hydrogens is 246 g/mol. The predicted molar refractivity (Wildman–Crippen MR) is 72.4 cm³/mol. The first-order chi connectivity index (χ1) is 9.19. The molecule has 19 heavy (non-hydrogen) atoms. The molecule has 0 atom stereocenters. The van der Waals surface area contributed by atoms with Crippen LogP contribution in [0.15, 0.2) is 18.2 Å². The third-order valence-electron chi connectivity index (χ3n) is 3.24. The van der Waals surface area contributed by atoms with Crippen molar-refractivity contribution in [2.75, 3.05) is 33.3 Å². The lowest BCUT2D eigenvalue weighted by Crippen LogP contribution is -2.27. The van der Waals surface area contributed by atoms with E-state index in [1.165, 1.54) is 13.2 Å². The number of hydrogen-bond acceptors (Lipinski definition) is 5. The summed E-state index contributed by atoms with van der Waals surface area (Å²) in [6, 6.07) is 4.94. The first-order valence-corrected chi connectivity index (χ1v) is 6.44. The molecule has 1 aromatic rings. The van der Waals surface area contributed by atoms with Crippen molar-refractivity contribution < 1.29 is 9.66 Å². The monoisotopic (exact) mass is 265 g/mol. The minimum Gasteiger partial charge on any atom is -0.496 e. The van der Waals surface area contributed by atoms with Crippen molar-refractivity contribution in [1.29, 1.82) is 0 Å². The van der Waals surface area contributed by atoms with Crippen molar-refractivity contribution in [3.05, 3.63) is 33.9 Å². The molecule has 2 rings (SSSR count). The van der Waals surface area contributed by atoms with Gasteiger partial charge in [0.2, 0.25) is 0 Å². The van der Waals surface area contributed by atoms with E-state index < -0.39 is 0 Å². The Hall–Kier alpha value is -1.66. The zero-order valence-electron chi connectivity index (χ0n) is 11.1. The van der Waals surface area contributed by atoms with E-state index in [0.29, 0.717) is 5.75 Å². The van der Waals surface area contributed by atoms with Crippen molar-refractivity contribution >= 4 is 5.69 Å². The maximum absolute atomic E-state index is 10.9. The Morgan fingerprint density at radius 2 is 2.21 bits per heavy atom. The average molecular weight is 265 g/mol. The third kappa shape index (κ3) is 3.90. The summed E-state index contributed by atoms with van der Waals surface area (Å²) >= 11 is 0. The second-order valence-electron chi connectivity index (χ2n) is 4.68. The second-order valence-corrected chi connectivity index (χ2v) is 4.68. The maximum atomic E-state index is 10.9. The molecular formula is C13H19N3O3. The number of nitrogens with one attached hydrogen (secondary N) is 1. The largest absolute Gasteiger partial charge is 0.496 e. The molecule has 0 bridgehead atoms. The van der Waals surface area contributed by atoms with Crippen LogP contribution in [0.3, 0.4) is 0 Å². The molecule has 0 amide bonds. The number of methoxy groups -OCH3 is 1. The third-order valence-corrected chi connectivity index (χ3v) is 3.24. The average Bonchev–Trinajstić information content (AvgIpc) is 2.67. The molecule has 0 aliphatic carbocycles. The topological polar surface area (TPSA) is 67.6 Å². The lowest BCUT2D eigenvalue weighted by molar-refractivity contribution is -0.385. The van der Waals surface area contributed by atoms with Gasteiger partial charge >= 0.3 is 0 Å². The molecule has 6 heteroatoms. The molecule has 1 N–H and O–H groups in total. The molecule has 0 spiro atoms. The lowest BCUT2D eigenvalue weighted by Gasteiger charge is -2.19. The minimum atomic E-state index is -0.379. The van der Waals surface area contributed by atoms with Gasteiger partial charge in [0.1, 0.15) is 5.75 Å².